The third-order valence-electron chi connectivity index (χ3n) is 18.8. The van der Waals surface area contributed by atoms with E-state index in [9.17, 15) is 9.59 Å². The van der Waals surface area contributed by atoms with E-state index in [1.54, 1.807) is 0 Å². The van der Waals surface area contributed by atoms with Crippen LogP contribution >= 0.6 is 59.9 Å². The second-order valence-corrected chi connectivity index (χ2v) is 39.1. The van der Waals surface area contributed by atoms with Crippen LogP contribution in [0.2, 0.25) is 10.1 Å². The maximum Gasteiger partial charge on any atom is 0.261 e. The number of carbonyl (C=O) groups is 2. The van der Waals surface area contributed by atoms with Gasteiger partial charge in [-0.2, -0.15) is 0 Å². The third-order valence-corrected chi connectivity index (χ3v) is 30.8. The molecule has 0 fully saturated rings. The van der Waals surface area contributed by atoms with Crippen LogP contribution in [-0.4, -0.2) is 68.6 Å². The van der Waals surface area contributed by atoms with Gasteiger partial charge in [0.15, 0.2) is 12.6 Å². The Balaban J connectivity index is 0.000000257. The fraction of sp³-hybridized carbons (Fsp3) is 0.311. The predicted molar refractivity (Wildman–Crippen MR) is 469 cm³/mol. The average Bonchev–Trinajstić information content (AvgIpc) is 0.786. The van der Waals surface area contributed by atoms with Crippen LogP contribution in [0.25, 0.3) is 24.3 Å². The van der Waals surface area contributed by atoms with Crippen LogP contribution in [-0.2, 0) is 22.1 Å². The summed E-state index contributed by atoms with van der Waals surface area (Å²) < 4.78 is 27.4. The molecule has 10 rings (SSSR count). The van der Waals surface area contributed by atoms with Crippen LogP contribution in [0.15, 0.2) is 243 Å². The zero-order valence-corrected chi connectivity index (χ0v) is 70.2. The van der Waals surface area contributed by atoms with E-state index in [0.29, 0.717) is 13.2 Å². The van der Waals surface area contributed by atoms with Gasteiger partial charge in [0.05, 0.1) is 9.75 Å². The van der Waals surface area contributed by atoms with E-state index in [4.69, 9.17) is 18.3 Å². The fourth-order valence-corrected chi connectivity index (χ4v) is 24.1. The number of anilines is 2. The van der Waals surface area contributed by atoms with Crippen LogP contribution in [0.3, 0.4) is 0 Å². The van der Waals surface area contributed by atoms with Gasteiger partial charge in [0.25, 0.3) is 16.6 Å². The first-order valence-corrected chi connectivity index (χ1v) is 48.6. The Bertz CT molecular complexity index is 3800. The summed E-state index contributed by atoms with van der Waals surface area (Å²) in [5.74, 6) is 1.71. The number of ether oxygens (including phenoxy) is 2. The van der Waals surface area contributed by atoms with Gasteiger partial charge in [0.2, 0.25) is 0 Å². The van der Waals surface area contributed by atoms with E-state index in [1.165, 1.54) is 80.5 Å². The van der Waals surface area contributed by atoms with Crippen molar-refractivity contribution in [2.45, 2.75) is 143 Å². The van der Waals surface area contributed by atoms with Crippen molar-refractivity contribution in [2.75, 3.05) is 49.2 Å². The minimum absolute atomic E-state index is 0.0332. The molecule has 0 amide bonds. The molecule has 2 aromatic heterocycles. The first-order valence-electron chi connectivity index (χ1n) is 36.9. The summed E-state index contributed by atoms with van der Waals surface area (Å²) >= 11 is 7.22. The largest absolute Gasteiger partial charge is 0.488 e. The van der Waals surface area contributed by atoms with Crippen molar-refractivity contribution in [3.05, 3.63) is 284 Å². The minimum atomic E-state index is -2.55. The Morgan fingerprint density at radius 1 is 0.365 bits per heavy atom. The molecule has 10 aromatic rings. The number of hydrogen-bond acceptors (Lipinski definition) is 10. The molecule has 104 heavy (non-hydrogen) atoms. The van der Waals surface area contributed by atoms with Gasteiger partial charge in [-0.15, -0.1) is 22.7 Å². The number of carbonyl (C=O) groups excluding carboxylic acids is 2. The summed E-state index contributed by atoms with van der Waals surface area (Å²) in [6.45, 7) is 24.9. The number of thiophene rings is 2. The molecule has 0 bridgehead atoms. The smallest absolute Gasteiger partial charge is 0.261 e. The van der Waals surface area contributed by atoms with Gasteiger partial charge in [-0.05, 0) is 153 Å². The quantitative estimate of drug-likeness (QED) is 0.0164. The van der Waals surface area contributed by atoms with Gasteiger partial charge in [-0.25, -0.2) is 0 Å². The number of halogens is 2. The Morgan fingerprint density at radius 2 is 0.663 bits per heavy atom. The SMILES string of the molecule is CCCCCN(CCCCO[Si](c1ccccc1)(c1ccccc1)C(C)(C)C)c1ccc(/C=C/c2ccc(C=O)s2)c(OCc2ccccc2)c1.CCCCCN(CCCCO[Si](c1ccccc1)(c1ccccc1)C(C)(C)C)c1ccc(/C=C/c2ccc(C=O)s2)c(OCc2ccccc2)c1.II. The molecular formula is C90H106I2N2O6S2Si2. The zero-order chi connectivity index (χ0) is 73.9. The molecule has 0 aliphatic rings. The highest BCUT2D eigenvalue weighted by Crippen LogP contribution is 2.39. The van der Waals surface area contributed by atoms with Crippen molar-refractivity contribution in [1.29, 1.82) is 0 Å². The van der Waals surface area contributed by atoms with Crippen molar-refractivity contribution in [2.24, 2.45) is 0 Å². The van der Waals surface area contributed by atoms with Crippen LogP contribution < -0.4 is 40.0 Å². The van der Waals surface area contributed by atoms with Crippen molar-refractivity contribution in [3.8, 4) is 11.5 Å². The molecule has 14 heteroatoms. The molecule has 0 saturated carbocycles. The minimum Gasteiger partial charge on any atom is -0.488 e. The number of hydrogen-bond donors (Lipinski definition) is 0. The molecule has 0 radical (unpaired) electrons. The second-order valence-electron chi connectivity index (χ2n) is 28.2. The molecule has 0 atom stereocenters. The standard InChI is InChI=1S/2C45H53NO3SSi.I2/c2*1-5-6-16-31-46(32-17-18-33-49-51(45(2,3)4,42-21-12-8-13-22-42)43-23-14-9-15-24-43)39-27-25-38(26-28-40-29-30-41(35-47)50-40)44(34-39)48-36-37-19-10-7-11-20-37;1-2/h2*7-15,19-30,34-35H,5-6,16-18,31-33,36H2,1-4H3;/b2*28-26+;. The van der Waals surface area contributed by atoms with Crippen LogP contribution in [0.4, 0.5) is 11.4 Å². The normalized spacial score (nSPS) is 11.8. The highest BCUT2D eigenvalue weighted by atomic mass is 128. The molecule has 546 valence electrons. The number of nitrogens with zero attached hydrogens (tertiary/aromatic N) is 2. The van der Waals surface area contributed by atoms with Gasteiger partial charge < -0.3 is 28.1 Å². The first kappa shape index (κ1) is 82.6. The molecule has 0 N–H and O–H groups in total. The summed E-state index contributed by atoms with van der Waals surface area (Å²) in [5.41, 5.74) is 6.66. The van der Waals surface area contributed by atoms with Crippen molar-refractivity contribution in [1.82, 2.24) is 0 Å². The van der Waals surface area contributed by atoms with E-state index >= 15 is 0 Å². The number of benzene rings is 8. The Kier molecular flexibility index (Phi) is 34.6. The molecule has 2 heterocycles. The number of rotatable bonds is 38. The van der Waals surface area contributed by atoms with E-state index in [2.05, 4.69) is 309 Å². The lowest BCUT2D eigenvalue weighted by Gasteiger charge is -2.43. The monoisotopic (exact) mass is 1680 g/mol. The molecule has 0 spiro atoms. The average molecular weight is 1690 g/mol. The molecule has 8 aromatic carbocycles. The van der Waals surface area contributed by atoms with Crippen LogP contribution in [0.5, 0.6) is 11.5 Å². The van der Waals surface area contributed by atoms with Crippen molar-refractivity contribution in [3.63, 3.8) is 0 Å². The summed E-state index contributed by atoms with van der Waals surface area (Å²) in [5, 5.41) is 5.23. The van der Waals surface area contributed by atoms with E-state index < -0.39 is 16.6 Å². The maximum absolute atomic E-state index is 11.2. The highest BCUT2D eigenvalue weighted by molar-refractivity contribution is 15.0. The van der Waals surface area contributed by atoms with E-state index in [-0.39, 0.29) is 10.1 Å². The molecular weight excluding hydrogens is 1580 g/mol. The van der Waals surface area contributed by atoms with Crippen molar-refractivity contribution >= 4 is 146 Å². The topological polar surface area (TPSA) is 77.5 Å². The van der Waals surface area contributed by atoms with Crippen molar-refractivity contribution < 1.29 is 27.9 Å². The fourth-order valence-electron chi connectivity index (χ4n) is 13.5. The molecule has 0 unspecified atom stereocenters. The summed E-state index contributed by atoms with van der Waals surface area (Å²) in [4.78, 5) is 31.0. The second kappa shape index (κ2) is 43.6. The lowest BCUT2D eigenvalue weighted by Crippen LogP contribution is -2.66. The lowest BCUT2D eigenvalue weighted by atomic mass is 10.1. The van der Waals surface area contributed by atoms with Crippen LogP contribution in [0.1, 0.15) is 171 Å². The zero-order valence-electron chi connectivity index (χ0n) is 62.2. The third kappa shape index (κ3) is 24.0. The first-order chi connectivity index (χ1) is 50.7. The lowest BCUT2D eigenvalue weighted by molar-refractivity contribution is 0.111. The van der Waals surface area contributed by atoms with Gasteiger partial charge in [-0.3, -0.25) is 9.59 Å². The summed E-state index contributed by atoms with van der Waals surface area (Å²) in [6, 6.07) is 85.2. The molecule has 0 saturated heterocycles. The van der Waals surface area contributed by atoms with Crippen LogP contribution in [0, 0.1) is 0 Å². The number of unbranched alkanes of at least 4 members (excludes halogenated alkanes) is 6. The van der Waals surface area contributed by atoms with E-state index in [1.807, 2.05) is 60.7 Å². The Labute approximate surface area is 655 Å². The Morgan fingerprint density at radius 3 is 0.952 bits per heavy atom. The van der Waals surface area contributed by atoms with E-state index in [0.717, 1.165) is 144 Å². The molecule has 0 aliphatic carbocycles. The van der Waals surface area contributed by atoms with Gasteiger partial charge in [0, 0.05) is 121 Å². The summed E-state index contributed by atoms with van der Waals surface area (Å²) in [6.07, 6.45) is 21.2. The van der Waals surface area contributed by atoms with Gasteiger partial charge in [0.1, 0.15) is 24.7 Å². The maximum atomic E-state index is 11.2. The highest BCUT2D eigenvalue weighted by Gasteiger charge is 2.51. The molecule has 8 nitrogen and oxygen atoms in total. The molecule has 0 aliphatic heterocycles. The summed E-state index contributed by atoms with van der Waals surface area (Å²) in [7, 11) is -5.11. The number of aldehydes is 2. The predicted octanol–water partition coefficient (Wildman–Crippen LogP) is 23.1. The van der Waals surface area contributed by atoms with Gasteiger partial charge >= 0.3 is 0 Å². The van der Waals surface area contributed by atoms with Gasteiger partial charge in [-0.1, -0.05) is 263 Å². The Hall–Kier alpha value is -7.01.